The molecule has 0 aromatic heterocycles. The standard InChI is InChI=1S/C31H34Cl2N2O2/c1-30(2,3)23-8-5-21(6-9-23)19-34-15-13-31(14-16-34)20-35(28-12-10-24(37-4)18-25(28)31)29(36)22-7-11-26(32)27(33)17-22/h5-12,17-18H,13-16,19-20H2,1-4H3. The number of nitrogens with zero attached hydrogens (tertiary/aromatic N) is 2. The molecule has 3 aromatic carbocycles. The Labute approximate surface area is 230 Å². The highest BCUT2D eigenvalue weighted by molar-refractivity contribution is 6.42. The fraction of sp³-hybridized carbons (Fsp3) is 0.387. The summed E-state index contributed by atoms with van der Waals surface area (Å²) in [7, 11) is 1.69. The quantitative estimate of drug-likeness (QED) is 0.346. The second kappa shape index (κ2) is 9.98. The normalized spacial score (nSPS) is 17.2. The molecule has 1 amide bonds. The molecule has 37 heavy (non-hydrogen) atoms. The molecular weight excluding hydrogens is 503 g/mol. The maximum absolute atomic E-state index is 13.6. The third-order valence-corrected chi connectivity index (χ3v) is 8.72. The van der Waals surface area contributed by atoms with E-state index in [2.05, 4.69) is 56.0 Å². The minimum absolute atomic E-state index is 0.0526. The van der Waals surface area contributed by atoms with Crippen molar-refractivity contribution in [2.75, 3.05) is 31.6 Å². The summed E-state index contributed by atoms with van der Waals surface area (Å²) >= 11 is 12.3. The summed E-state index contributed by atoms with van der Waals surface area (Å²) in [6.07, 6.45) is 1.97. The molecule has 3 aromatic rings. The first-order valence-electron chi connectivity index (χ1n) is 12.9. The fourth-order valence-corrected chi connectivity index (χ4v) is 5.97. The fourth-order valence-electron chi connectivity index (χ4n) is 5.68. The van der Waals surface area contributed by atoms with Gasteiger partial charge in [0.25, 0.3) is 5.91 Å². The smallest absolute Gasteiger partial charge is 0.258 e. The zero-order valence-electron chi connectivity index (χ0n) is 22.0. The molecule has 1 spiro atoms. The number of anilines is 1. The summed E-state index contributed by atoms with van der Waals surface area (Å²) in [5.74, 6) is 0.770. The molecule has 0 bridgehead atoms. The molecule has 2 aliphatic rings. The number of benzene rings is 3. The second-order valence-corrected chi connectivity index (χ2v) is 12.2. The molecule has 4 nitrogen and oxygen atoms in total. The molecule has 0 radical (unpaired) electrons. The van der Waals surface area contributed by atoms with E-state index in [0.29, 0.717) is 22.2 Å². The van der Waals surface area contributed by atoms with Crippen LogP contribution in [-0.2, 0) is 17.4 Å². The Hall–Kier alpha value is -2.53. The number of fused-ring (bicyclic) bond motifs is 2. The van der Waals surface area contributed by atoms with Gasteiger partial charge in [0.2, 0.25) is 0 Å². The van der Waals surface area contributed by atoms with Crippen molar-refractivity contribution >= 4 is 34.8 Å². The Kier molecular flexibility index (Phi) is 7.04. The summed E-state index contributed by atoms with van der Waals surface area (Å²) in [4.78, 5) is 18.1. The molecule has 2 heterocycles. The van der Waals surface area contributed by atoms with E-state index in [-0.39, 0.29) is 16.7 Å². The number of carbonyl (C=O) groups excluding carboxylic acids is 1. The Balaban J connectivity index is 1.36. The minimum Gasteiger partial charge on any atom is -0.497 e. The third kappa shape index (κ3) is 5.12. The van der Waals surface area contributed by atoms with Crippen LogP contribution in [0.3, 0.4) is 0 Å². The van der Waals surface area contributed by atoms with Gasteiger partial charge in [-0.25, -0.2) is 0 Å². The highest BCUT2D eigenvalue weighted by atomic mass is 35.5. The van der Waals surface area contributed by atoms with Gasteiger partial charge in [0.15, 0.2) is 0 Å². The van der Waals surface area contributed by atoms with Gasteiger partial charge in [-0.3, -0.25) is 9.69 Å². The lowest BCUT2D eigenvalue weighted by Crippen LogP contribution is -2.45. The lowest BCUT2D eigenvalue weighted by Gasteiger charge is -2.40. The van der Waals surface area contributed by atoms with Crippen molar-refractivity contribution in [3.05, 3.63) is 93.0 Å². The SMILES string of the molecule is COc1ccc2c(c1)C1(CCN(Cc3ccc(C(C)(C)C)cc3)CC1)CN2C(=O)c1ccc(Cl)c(Cl)c1. The van der Waals surface area contributed by atoms with E-state index in [1.165, 1.54) is 16.7 Å². The van der Waals surface area contributed by atoms with Crippen LogP contribution >= 0.6 is 23.2 Å². The van der Waals surface area contributed by atoms with Crippen molar-refractivity contribution in [3.63, 3.8) is 0 Å². The predicted octanol–water partition coefficient (Wildman–Crippen LogP) is 7.49. The zero-order valence-corrected chi connectivity index (χ0v) is 23.5. The van der Waals surface area contributed by atoms with E-state index < -0.39 is 0 Å². The van der Waals surface area contributed by atoms with Gasteiger partial charge in [-0.1, -0.05) is 68.2 Å². The molecule has 0 unspecified atom stereocenters. The lowest BCUT2D eigenvalue weighted by molar-refractivity contribution is 0.0975. The Bertz CT molecular complexity index is 1310. The molecule has 0 atom stereocenters. The van der Waals surface area contributed by atoms with Crippen LogP contribution < -0.4 is 9.64 Å². The maximum Gasteiger partial charge on any atom is 0.258 e. The van der Waals surface area contributed by atoms with Crippen LogP contribution in [0.25, 0.3) is 0 Å². The van der Waals surface area contributed by atoms with E-state index in [1.54, 1.807) is 25.3 Å². The van der Waals surface area contributed by atoms with Gasteiger partial charge in [0.1, 0.15) is 5.75 Å². The van der Waals surface area contributed by atoms with Crippen LogP contribution in [0.2, 0.25) is 10.0 Å². The van der Waals surface area contributed by atoms with Crippen LogP contribution in [0.1, 0.15) is 60.7 Å². The van der Waals surface area contributed by atoms with Crippen LogP contribution in [0.4, 0.5) is 5.69 Å². The van der Waals surface area contributed by atoms with Gasteiger partial charge in [0, 0.05) is 29.8 Å². The number of hydrogen-bond donors (Lipinski definition) is 0. The first-order chi connectivity index (χ1) is 17.6. The molecule has 194 valence electrons. The van der Waals surface area contributed by atoms with E-state index in [0.717, 1.165) is 43.9 Å². The van der Waals surface area contributed by atoms with Crippen molar-refractivity contribution in [1.29, 1.82) is 0 Å². The largest absolute Gasteiger partial charge is 0.497 e. The van der Waals surface area contributed by atoms with Gasteiger partial charge in [-0.2, -0.15) is 0 Å². The van der Waals surface area contributed by atoms with Crippen LogP contribution in [-0.4, -0.2) is 37.6 Å². The van der Waals surface area contributed by atoms with Gasteiger partial charge in [-0.05, 0) is 84.4 Å². The molecule has 0 saturated carbocycles. The summed E-state index contributed by atoms with van der Waals surface area (Å²) in [6, 6.07) is 20.2. The maximum atomic E-state index is 13.6. The van der Waals surface area contributed by atoms with Crippen LogP contribution in [0.15, 0.2) is 60.7 Å². The first kappa shape index (κ1) is 26.1. The van der Waals surface area contributed by atoms with Crippen molar-refractivity contribution < 1.29 is 9.53 Å². The molecule has 6 heteroatoms. The molecule has 5 rings (SSSR count). The number of piperidine rings is 1. The Morgan fingerprint density at radius 1 is 0.946 bits per heavy atom. The third-order valence-electron chi connectivity index (χ3n) is 7.98. The summed E-state index contributed by atoms with van der Waals surface area (Å²) in [6.45, 7) is 10.3. The molecule has 2 aliphatic heterocycles. The average Bonchev–Trinajstić information content (AvgIpc) is 3.19. The lowest BCUT2D eigenvalue weighted by atomic mass is 9.74. The topological polar surface area (TPSA) is 32.8 Å². The number of methoxy groups -OCH3 is 1. The van der Waals surface area contributed by atoms with E-state index in [4.69, 9.17) is 27.9 Å². The van der Waals surface area contributed by atoms with Gasteiger partial charge in [-0.15, -0.1) is 0 Å². The first-order valence-corrected chi connectivity index (χ1v) is 13.6. The van der Waals surface area contributed by atoms with Gasteiger partial charge >= 0.3 is 0 Å². The average molecular weight is 538 g/mol. The number of likely N-dealkylation sites (tertiary alicyclic amines) is 1. The van der Waals surface area contributed by atoms with Gasteiger partial charge in [0.05, 0.1) is 17.2 Å². The number of rotatable bonds is 4. The van der Waals surface area contributed by atoms with Crippen molar-refractivity contribution in [1.82, 2.24) is 4.90 Å². The molecule has 1 fully saturated rings. The van der Waals surface area contributed by atoms with Crippen molar-refractivity contribution in [3.8, 4) is 5.75 Å². The highest BCUT2D eigenvalue weighted by Gasteiger charge is 2.46. The molecule has 1 saturated heterocycles. The number of carbonyl (C=O) groups is 1. The van der Waals surface area contributed by atoms with Crippen molar-refractivity contribution in [2.24, 2.45) is 0 Å². The summed E-state index contributed by atoms with van der Waals surface area (Å²) in [5.41, 5.74) is 5.48. The van der Waals surface area contributed by atoms with E-state index in [1.807, 2.05) is 17.0 Å². The zero-order chi connectivity index (χ0) is 26.4. The molecular formula is C31H34Cl2N2O2. The van der Waals surface area contributed by atoms with E-state index in [9.17, 15) is 4.79 Å². The van der Waals surface area contributed by atoms with Gasteiger partial charge < -0.3 is 9.64 Å². The minimum atomic E-state index is -0.0949. The van der Waals surface area contributed by atoms with Crippen LogP contribution in [0, 0.1) is 0 Å². The number of hydrogen-bond acceptors (Lipinski definition) is 3. The Morgan fingerprint density at radius 2 is 1.65 bits per heavy atom. The molecule has 0 aliphatic carbocycles. The number of amides is 1. The summed E-state index contributed by atoms with van der Waals surface area (Å²) < 4.78 is 5.57. The molecule has 0 N–H and O–H groups in total. The second-order valence-electron chi connectivity index (χ2n) is 11.4. The highest BCUT2D eigenvalue weighted by Crippen LogP contribution is 2.49. The monoisotopic (exact) mass is 536 g/mol. The van der Waals surface area contributed by atoms with Crippen molar-refractivity contribution in [2.45, 2.75) is 51.0 Å². The number of halogens is 2. The Morgan fingerprint density at radius 3 is 2.27 bits per heavy atom. The number of ether oxygens (including phenoxy) is 1. The van der Waals surface area contributed by atoms with Crippen LogP contribution in [0.5, 0.6) is 5.75 Å². The van der Waals surface area contributed by atoms with E-state index >= 15 is 0 Å². The summed E-state index contributed by atoms with van der Waals surface area (Å²) in [5, 5.41) is 0.835. The predicted molar refractivity (Wildman–Crippen MR) is 152 cm³/mol.